The van der Waals surface area contributed by atoms with Crippen molar-refractivity contribution < 1.29 is 0 Å². The van der Waals surface area contributed by atoms with Gasteiger partial charge in [-0.1, -0.05) is 28.8 Å². The minimum Gasteiger partial charge on any atom is -0.381 e. The fourth-order valence-corrected chi connectivity index (χ4v) is 2.38. The van der Waals surface area contributed by atoms with E-state index in [4.69, 9.17) is 5.26 Å². The van der Waals surface area contributed by atoms with Gasteiger partial charge < -0.3 is 5.32 Å². The SMILES string of the molecule is N#Cc1ccc(Br)cc1NC1CCCC1. The predicted octanol–water partition coefficient (Wildman–Crippen LogP) is 3.68. The summed E-state index contributed by atoms with van der Waals surface area (Å²) in [6.45, 7) is 0. The number of hydrogen-bond donors (Lipinski definition) is 1. The van der Waals surface area contributed by atoms with Crippen molar-refractivity contribution in [2.24, 2.45) is 0 Å². The van der Waals surface area contributed by atoms with E-state index in [9.17, 15) is 0 Å². The van der Waals surface area contributed by atoms with Crippen LogP contribution in [0.25, 0.3) is 0 Å². The maximum absolute atomic E-state index is 8.98. The molecule has 15 heavy (non-hydrogen) atoms. The van der Waals surface area contributed by atoms with Crippen LogP contribution < -0.4 is 5.32 Å². The number of hydrogen-bond acceptors (Lipinski definition) is 2. The number of nitrogens with one attached hydrogen (secondary N) is 1. The quantitative estimate of drug-likeness (QED) is 0.885. The minimum absolute atomic E-state index is 0.548. The molecule has 2 rings (SSSR count). The average molecular weight is 265 g/mol. The van der Waals surface area contributed by atoms with Crippen LogP contribution in [0.2, 0.25) is 0 Å². The van der Waals surface area contributed by atoms with Crippen molar-refractivity contribution in [1.82, 2.24) is 0 Å². The molecule has 0 heterocycles. The number of nitriles is 1. The smallest absolute Gasteiger partial charge is 0.101 e. The van der Waals surface area contributed by atoms with Crippen molar-refractivity contribution in [3.8, 4) is 6.07 Å². The molecular formula is C12H13BrN2. The van der Waals surface area contributed by atoms with Crippen LogP contribution in [-0.4, -0.2) is 6.04 Å². The van der Waals surface area contributed by atoms with Crippen LogP contribution in [-0.2, 0) is 0 Å². The van der Waals surface area contributed by atoms with Crippen molar-refractivity contribution >= 4 is 21.6 Å². The van der Waals surface area contributed by atoms with Crippen LogP contribution in [0.4, 0.5) is 5.69 Å². The molecule has 0 amide bonds. The van der Waals surface area contributed by atoms with E-state index in [1.165, 1.54) is 25.7 Å². The first-order valence-corrected chi connectivity index (χ1v) is 6.05. The van der Waals surface area contributed by atoms with Gasteiger partial charge in [-0.15, -0.1) is 0 Å². The van der Waals surface area contributed by atoms with Gasteiger partial charge in [-0.3, -0.25) is 0 Å². The second-order valence-electron chi connectivity index (χ2n) is 3.93. The highest BCUT2D eigenvalue weighted by molar-refractivity contribution is 9.10. The summed E-state index contributed by atoms with van der Waals surface area (Å²) in [5.74, 6) is 0. The largest absolute Gasteiger partial charge is 0.381 e. The standard InChI is InChI=1S/C12H13BrN2/c13-10-6-5-9(8-14)12(7-10)15-11-3-1-2-4-11/h5-7,11,15H,1-4H2. The van der Waals surface area contributed by atoms with Crippen LogP contribution in [0.1, 0.15) is 31.2 Å². The van der Waals surface area contributed by atoms with E-state index in [1.54, 1.807) is 0 Å². The van der Waals surface area contributed by atoms with Crippen molar-refractivity contribution in [2.45, 2.75) is 31.7 Å². The van der Waals surface area contributed by atoms with Gasteiger partial charge in [0.05, 0.1) is 11.3 Å². The summed E-state index contributed by atoms with van der Waals surface area (Å²) < 4.78 is 1.02. The second-order valence-corrected chi connectivity index (χ2v) is 4.84. The summed E-state index contributed by atoms with van der Waals surface area (Å²) in [5, 5.41) is 12.4. The first-order chi connectivity index (χ1) is 7.29. The zero-order valence-electron chi connectivity index (χ0n) is 8.46. The van der Waals surface area contributed by atoms with Crippen LogP contribution in [0, 0.1) is 11.3 Å². The van der Waals surface area contributed by atoms with Gasteiger partial charge >= 0.3 is 0 Å². The molecule has 0 bridgehead atoms. The number of nitrogens with zero attached hydrogens (tertiary/aromatic N) is 1. The highest BCUT2D eigenvalue weighted by Crippen LogP contribution is 2.26. The normalized spacial score (nSPS) is 16.3. The molecule has 0 saturated heterocycles. The molecule has 0 unspecified atom stereocenters. The number of rotatable bonds is 2. The van der Waals surface area contributed by atoms with Crippen molar-refractivity contribution in [3.63, 3.8) is 0 Å². The molecule has 78 valence electrons. The van der Waals surface area contributed by atoms with E-state index in [-0.39, 0.29) is 0 Å². The molecule has 0 radical (unpaired) electrons. The van der Waals surface area contributed by atoms with Gasteiger partial charge in [0, 0.05) is 10.5 Å². The summed E-state index contributed by atoms with van der Waals surface area (Å²) in [5.41, 5.74) is 1.68. The molecule has 1 saturated carbocycles. The Morgan fingerprint density at radius 3 is 2.73 bits per heavy atom. The lowest BCUT2D eigenvalue weighted by Gasteiger charge is -2.14. The van der Waals surface area contributed by atoms with E-state index in [0.717, 1.165) is 15.7 Å². The second kappa shape index (κ2) is 4.67. The first kappa shape index (κ1) is 10.5. The topological polar surface area (TPSA) is 35.8 Å². The van der Waals surface area contributed by atoms with E-state index in [2.05, 4.69) is 27.3 Å². The highest BCUT2D eigenvalue weighted by atomic mass is 79.9. The van der Waals surface area contributed by atoms with E-state index >= 15 is 0 Å². The number of anilines is 1. The average Bonchev–Trinajstić information content (AvgIpc) is 2.71. The molecule has 3 heteroatoms. The highest BCUT2D eigenvalue weighted by Gasteiger charge is 2.15. The summed E-state index contributed by atoms with van der Waals surface area (Å²) >= 11 is 3.43. The molecule has 1 fully saturated rings. The number of benzene rings is 1. The Bertz CT molecular complexity index is 389. The fraction of sp³-hybridized carbons (Fsp3) is 0.417. The summed E-state index contributed by atoms with van der Waals surface area (Å²) in [6, 6.07) is 8.49. The molecule has 1 aliphatic rings. The third-order valence-electron chi connectivity index (χ3n) is 2.82. The maximum atomic E-state index is 8.98. The van der Waals surface area contributed by atoms with Gasteiger partial charge in [0.25, 0.3) is 0 Å². The Morgan fingerprint density at radius 2 is 2.07 bits per heavy atom. The first-order valence-electron chi connectivity index (χ1n) is 5.26. The monoisotopic (exact) mass is 264 g/mol. The third-order valence-corrected chi connectivity index (χ3v) is 3.31. The van der Waals surface area contributed by atoms with Crippen LogP contribution in [0.15, 0.2) is 22.7 Å². The molecule has 0 atom stereocenters. The summed E-state index contributed by atoms with van der Waals surface area (Å²) in [6.07, 6.45) is 5.04. The van der Waals surface area contributed by atoms with Crippen molar-refractivity contribution in [1.29, 1.82) is 5.26 Å². The predicted molar refractivity (Wildman–Crippen MR) is 64.7 cm³/mol. The van der Waals surface area contributed by atoms with Crippen LogP contribution in [0.5, 0.6) is 0 Å². The third kappa shape index (κ3) is 2.51. The van der Waals surface area contributed by atoms with Gasteiger partial charge in [-0.25, -0.2) is 0 Å². The molecule has 1 aliphatic carbocycles. The molecule has 1 aromatic rings. The molecule has 0 aliphatic heterocycles. The Hall–Kier alpha value is -1.01. The number of halogens is 1. The summed E-state index contributed by atoms with van der Waals surface area (Å²) in [7, 11) is 0. The fourth-order valence-electron chi connectivity index (χ4n) is 2.02. The van der Waals surface area contributed by atoms with Crippen LogP contribution >= 0.6 is 15.9 Å². The Morgan fingerprint density at radius 1 is 1.33 bits per heavy atom. The Kier molecular flexibility index (Phi) is 3.27. The minimum atomic E-state index is 0.548. The van der Waals surface area contributed by atoms with Gasteiger partial charge in [-0.2, -0.15) is 5.26 Å². The van der Waals surface area contributed by atoms with Crippen LogP contribution in [0.3, 0.4) is 0 Å². The molecule has 1 aromatic carbocycles. The van der Waals surface area contributed by atoms with Gasteiger partial charge in [-0.05, 0) is 31.0 Å². The van der Waals surface area contributed by atoms with Crippen molar-refractivity contribution in [3.05, 3.63) is 28.2 Å². The van der Waals surface area contributed by atoms with E-state index < -0.39 is 0 Å². The molecule has 2 nitrogen and oxygen atoms in total. The lowest BCUT2D eigenvalue weighted by molar-refractivity contribution is 0.755. The maximum Gasteiger partial charge on any atom is 0.101 e. The van der Waals surface area contributed by atoms with Gasteiger partial charge in [0.15, 0.2) is 0 Å². The summed E-state index contributed by atoms with van der Waals surface area (Å²) in [4.78, 5) is 0. The van der Waals surface area contributed by atoms with Gasteiger partial charge in [0.2, 0.25) is 0 Å². The van der Waals surface area contributed by atoms with Crippen molar-refractivity contribution in [2.75, 3.05) is 5.32 Å². The Labute approximate surface area is 98.4 Å². The lowest BCUT2D eigenvalue weighted by atomic mass is 10.1. The molecule has 0 aromatic heterocycles. The molecule has 0 spiro atoms. The van der Waals surface area contributed by atoms with Gasteiger partial charge in [0.1, 0.15) is 6.07 Å². The zero-order valence-corrected chi connectivity index (χ0v) is 10.0. The lowest BCUT2D eigenvalue weighted by Crippen LogP contribution is -2.15. The van der Waals surface area contributed by atoms with E-state index in [0.29, 0.717) is 6.04 Å². The zero-order chi connectivity index (χ0) is 10.7. The Balaban J connectivity index is 2.18. The molecule has 1 N–H and O–H groups in total. The molecular weight excluding hydrogens is 252 g/mol. The van der Waals surface area contributed by atoms with E-state index in [1.807, 2.05) is 18.2 Å².